The zero-order chi connectivity index (χ0) is 48.1. The van der Waals surface area contributed by atoms with Crippen LogP contribution in [-0.2, 0) is 38.2 Å². The number of nitrogens with one attached hydrogen (secondary N) is 1. The highest BCUT2D eigenvalue weighted by atomic mass is 35.5. The van der Waals surface area contributed by atoms with E-state index in [1.54, 1.807) is 36.7 Å². The number of rotatable bonds is 10. The van der Waals surface area contributed by atoms with Crippen molar-refractivity contribution in [2.45, 2.75) is 24.6 Å². The lowest BCUT2D eigenvalue weighted by molar-refractivity contribution is -0.107. The fourth-order valence-corrected chi connectivity index (χ4v) is 6.62. The number of nitrogens with zero attached hydrogens (tertiary/aromatic N) is 6. The minimum atomic E-state index is -1.14. The van der Waals surface area contributed by atoms with Gasteiger partial charge in [-0.25, -0.2) is 37.3 Å². The molecule has 1 amide bonds. The van der Waals surface area contributed by atoms with E-state index in [9.17, 15) is 37.1 Å². The van der Waals surface area contributed by atoms with Crippen molar-refractivity contribution < 1.29 is 32.7 Å². The first kappa shape index (κ1) is 52.2. The average molecular weight is 969 g/mol. The van der Waals surface area contributed by atoms with E-state index in [1.807, 2.05) is 12.1 Å². The topological polar surface area (TPSA) is 257 Å². The lowest BCUT2D eigenvalue weighted by atomic mass is 10.1. The molecule has 0 spiro atoms. The molecule has 0 bridgehead atoms. The Kier molecular flexibility index (Phi) is 21.3. The van der Waals surface area contributed by atoms with E-state index in [4.69, 9.17) is 22.4 Å². The van der Waals surface area contributed by atoms with Gasteiger partial charge in [-0.15, -0.1) is 34.3 Å². The lowest BCUT2D eigenvalue weighted by Crippen LogP contribution is -2.23. The van der Waals surface area contributed by atoms with Crippen molar-refractivity contribution >= 4 is 80.0 Å². The second-order valence-electron chi connectivity index (χ2n) is 12.9. The lowest BCUT2D eigenvalue weighted by Gasteiger charge is -2.02. The molecule has 0 saturated heterocycles. The predicted molar refractivity (Wildman–Crippen MR) is 248 cm³/mol. The Labute approximate surface area is 387 Å². The summed E-state index contributed by atoms with van der Waals surface area (Å²) in [7, 11) is 2.87. The van der Waals surface area contributed by atoms with Gasteiger partial charge in [0.15, 0.2) is 21.1 Å². The largest absolute Gasteiger partial charge is 0.476 e. The third kappa shape index (κ3) is 19.8. The quantitative estimate of drug-likeness (QED) is 0.0643. The third-order valence-corrected chi connectivity index (χ3v) is 9.72. The molecule has 7 rings (SSSR count). The fourth-order valence-electron chi connectivity index (χ4n) is 4.89. The summed E-state index contributed by atoms with van der Waals surface area (Å²) in [6.07, 6.45) is 5.61. The van der Waals surface area contributed by atoms with Gasteiger partial charge in [0.2, 0.25) is 0 Å². The Balaban J connectivity index is 0.000000236. The number of amides is 1. The number of nitrogens with two attached hydrogens (primary N) is 3. The first-order valence-electron chi connectivity index (χ1n) is 18.5. The normalized spacial score (nSPS) is 10.4. The van der Waals surface area contributed by atoms with Crippen molar-refractivity contribution in [2.75, 3.05) is 11.1 Å². The van der Waals surface area contributed by atoms with Crippen LogP contribution in [0.25, 0.3) is 0 Å². The van der Waals surface area contributed by atoms with Crippen LogP contribution < -0.4 is 33.6 Å². The maximum atomic E-state index is 13.2. The standard InChI is InChI=1S/C16H13FN4O2S.C10H9FN2S.C9H8ClFO.C6H6N2O3.CH4N2S/c1-21-14(22)6-5-13(20-21)15(23)19-16-18-9-12(24-16)8-10-3-2-4-11(17)7-10;11-8-3-1-2-7(4-8)5-9-6-13-10(12)14-9;10-8(6-12)4-7-2-1-3-9(11)5-7;1-8-5(9)3-2-4(7-8)6(10)11;2-1(3)4/h2-7,9H,8H2,1H3,(H,18,19,23);1-4,6H,5H2,(H2,12,13);1-3,5-6,8H,4H2;2-3H,1H3,(H,10,11);(H4,2,3,4). The van der Waals surface area contributed by atoms with Crippen molar-refractivity contribution in [2.24, 2.45) is 25.6 Å². The number of carbonyl (C=O) groups excluding carboxylic acids is 2. The van der Waals surface area contributed by atoms with Crippen molar-refractivity contribution in [3.05, 3.63) is 185 Å². The van der Waals surface area contributed by atoms with Crippen molar-refractivity contribution in [1.82, 2.24) is 29.5 Å². The van der Waals surface area contributed by atoms with Crippen molar-refractivity contribution in [3.63, 3.8) is 0 Å². The minimum Gasteiger partial charge on any atom is -0.476 e. The number of hydrogen-bond acceptors (Lipinski definition) is 13. The van der Waals surface area contributed by atoms with E-state index in [0.717, 1.165) is 41.9 Å². The second kappa shape index (κ2) is 26.5. The van der Waals surface area contributed by atoms with Gasteiger partial charge in [-0.2, -0.15) is 10.2 Å². The first-order valence-corrected chi connectivity index (χ1v) is 20.9. The number of anilines is 2. The number of benzene rings is 3. The van der Waals surface area contributed by atoms with Gasteiger partial charge in [0.1, 0.15) is 29.4 Å². The number of alkyl halides is 1. The van der Waals surface area contributed by atoms with Gasteiger partial charge < -0.3 is 27.1 Å². The zero-order valence-electron chi connectivity index (χ0n) is 34.3. The Morgan fingerprint density at radius 3 is 1.66 bits per heavy atom. The highest BCUT2D eigenvalue weighted by Crippen LogP contribution is 2.22. The summed E-state index contributed by atoms with van der Waals surface area (Å²) in [5, 5.41) is 18.8. The number of aromatic nitrogens is 6. The molecule has 65 heavy (non-hydrogen) atoms. The molecule has 1 atom stereocenters. The van der Waals surface area contributed by atoms with Gasteiger partial charge in [-0.1, -0.05) is 36.4 Å². The molecule has 4 heterocycles. The number of thiocarbonyl (C=S) groups is 1. The molecular weight excluding hydrogens is 929 g/mol. The van der Waals surface area contributed by atoms with Crippen LogP contribution in [0.2, 0.25) is 0 Å². The maximum absolute atomic E-state index is 13.2. The van der Waals surface area contributed by atoms with Gasteiger partial charge in [-0.05, 0) is 83.9 Å². The summed E-state index contributed by atoms with van der Waals surface area (Å²) in [5.41, 5.74) is 16.6. The molecule has 1 unspecified atom stereocenters. The summed E-state index contributed by atoms with van der Waals surface area (Å²) in [6.45, 7) is 0. The van der Waals surface area contributed by atoms with E-state index in [-0.39, 0.29) is 45.1 Å². The molecule has 4 aromatic heterocycles. The molecule has 0 radical (unpaired) electrons. The molecule has 0 saturated carbocycles. The zero-order valence-corrected chi connectivity index (χ0v) is 37.5. The van der Waals surface area contributed by atoms with E-state index >= 15 is 0 Å². The highest BCUT2D eigenvalue weighted by molar-refractivity contribution is 7.80. The van der Waals surface area contributed by atoms with Crippen LogP contribution in [-0.4, -0.2) is 63.3 Å². The molecule has 8 N–H and O–H groups in total. The summed E-state index contributed by atoms with van der Waals surface area (Å²) in [6, 6.07) is 23.9. The number of aryl methyl sites for hydroxylation is 2. The molecule has 16 nitrogen and oxygen atoms in total. The number of nitrogen functional groups attached to an aromatic ring is 1. The summed E-state index contributed by atoms with van der Waals surface area (Å²) >= 11 is 12.4. The van der Waals surface area contributed by atoms with Crippen LogP contribution in [0, 0.1) is 17.5 Å². The molecule has 0 fully saturated rings. The summed E-state index contributed by atoms with van der Waals surface area (Å²) in [5.74, 6) is -2.38. The number of carboxylic acid groups (broad SMARTS) is 1. The Bertz CT molecular complexity index is 2820. The van der Waals surface area contributed by atoms with Gasteiger partial charge in [0.05, 0.1) is 5.38 Å². The molecule has 7 aromatic rings. The second-order valence-corrected chi connectivity index (χ2v) is 16.2. The molecule has 3 aromatic carbocycles. The molecule has 0 aliphatic rings. The van der Waals surface area contributed by atoms with Crippen LogP contribution in [0.4, 0.5) is 23.4 Å². The molecule has 23 heteroatoms. The Morgan fingerprint density at radius 2 is 1.22 bits per heavy atom. The number of halogens is 4. The van der Waals surface area contributed by atoms with Gasteiger partial charge in [0, 0.05) is 61.2 Å². The number of aromatic carboxylic acids is 1. The Morgan fingerprint density at radius 1 is 0.769 bits per heavy atom. The SMILES string of the molecule is Cn1nc(C(=O)Nc2ncc(Cc3cccc(F)c3)s2)ccc1=O.Cn1nc(C(=O)O)ccc1=O.NC(N)=S.Nc1ncc(Cc2cccc(F)c2)s1.O=CC(Cl)Cc1cccc(F)c1. The third-order valence-electron chi connectivity index (χ3n) is 7.72. The fraction of sp³-hybridized carbons (Fsp3) is 0.143. The average Bonchev–Trinajstić information content (AvgIpc) is 3.87. The molecule has 0 aliphatic carbocycles. The van der Waals surface area contributed by atoms with E-state index in [1.165, 1.54) is 91.4 Å². The van der Waals surface area contributed by atoms with Crippen LogP contribution >= 0.6 is 46.5 Å². The maximum Gasteiger partial charge on any atom is 0.356 e. The minimum absolute atomic E-state index is 0.000000000000000222. The van der Waals surface area contributed by atoms with E-state index < -0.39 is 17.3 Å². The van der Waals surface area contributed by atoms with Crippen molar-refractivity contribution in [3.8, 4) is 0 Å². The number of hydrogen-bond donors (Lipinski definition) is 5. The van der Waals surface area contributed by atoms with Gasteiger partial charge >= 0.3 is 5.97 Å². The van der Waals surface area contributed by atoms with Crippen LogP contribution in [0.3, 0.4) is 0 Å². The number of carboxylic acids is 1. The smallest absolute Gasteiger partial charge is 0.356 e. The molecule has 340 valence electrons. The molecular formula is C42H40ClF3N10O6S3. The summed E-state index contributed by atoms with van der Waals surface area (Å²) in [4.78, 5) is 64.6. The highest BCUT2D eigenvalue weighted by Gasteiger charge is 2.12. The van der Waals surface area contributed by atoms with Crippen LogP contribution in [0.5, 0.6) is 0 Å². The number of thiazole rings is 2. The Hall–Kier alpha value is -7.14. The summed E-state index contributed by atoms with van der Waals surface area (Å²) < 4.78 is 40.7. The monoisotopic (exact) mass is 968 g/mol. The van der Waals surface area contributed by atoms with Crippen LogP contribution in [0.15, 0.2) is 119 Å². The number of aldehydes is 1. The number of carbonyl (C=O) groups is 3. The van der Waals surface area contributed by atoms with Crippen molar-refractivity contribution in [1.29, 1.82) is 0 Å². The predicted octanol–water partition coefficient (Wildman–Crippen LogP) is 5.52. The van der Waals surface area contributed by atoms with Gasteiger partial charge in [0.25, 0.3) is 17.0 Å². The van der Waals surface area contributed by atoms with E-state index in [0.29, 0.717) is 35.8 Å². The molecule has 0 aliphatic heterocycles. The van der Waals surface area contributed by atoms with Gasteiger partial charge in [-0.3, -0.25) is 19.7 Å². The van der Waals surface area contributed by atoms with Crippen LogP contribution in [0.1, 0.15) is 47.4 Å². The first-order chi connectivity index (χ1) is 30.8. The van der Waals surface area contributed by atoms with E-state index in [2.05, 4.69) is 49.2 Å².